The molecule has 2 rings (SSSR count). The number of halogens is 1. The highest BCUT2D eigenvalue weighted by atomic mass is 35.5. The SMILES string of the molecule is CSc1cccc(NS(=O)(=O)c2cc(N)c(Cl)cc2C)c1. The van der Waals surface area contributed by atoms with Crippen molar-refractivity contribution in [1.29, 1.82) is 0 Å². The van der Waals surface area contributed by atoms with Crippen molar-refractivity contribution < 1.29 is 8.42 Å². The number of nitrogens with two attached hydrogens (primary N) is 1. The van der Waals surface area contributed by atoms with Crippen molar-refractivity contribution in [2.24, 2.45) is 0 Å². The first-order chi connectivity index (χ1) is 9.83. The molecule has 0 atom stereocenters. The maximum atomic E-state index is 12.5. The lowest BCUT2D eigenvalue weighted by Gasteiger charge is -2.12. The fraction of sp³-hybridized carbons (Fsp3) is 0.143. The number of thioether (sulfide) groups is 1. The Hall–Kier alpha value is -1.37. The molecule has 0 saturated carbocycles. The van der Waals surface area contributed by atoms with Crippen LogP contribution in [0.2, 0.25) is 5.02 Å². The molecule has 21 heavy (non-hydrogen) atoms. The van der Waals surface area contributed by atoms with Gasteiger partial charge in [0.25, 0.3) is 10.0 Å². The van der Waals surface area contributed by atoms with Crippen LogP contribution in [-0.2, 0) is 10.0 Å². The van der Waals surface area contributed by atoms with Gasteiger partial charge >= 0.3 is 0 Å². The van der Waals surface area contributed by atoms with Crippen molar-refractivity contribution >= 4 is 44.8 Å². The molecular weight excluding hydrogens is 328 g/mol. The van der Waals surface area contributed by atoms with Gasteiger partial charge in [-0.15, -0.1) is 11.8 Å². The molecule has 4 nitrogen and oxygen atoms in total. The molecule has 0 bridgehead atoms. The fourth-order valence-electron chi connectivity index (χ4n) is 1.85. The monoisotopic (exact) mass is 342 g/mol. The summed E-state index contributed by atoms with van der Waals surface area (Å²) in [5.74, 6) is 0. The second-order valence-corrected chi connectivity index (χ2v) is 7.41. The highest BCUT2D eigenvalue weighted by Gasteiger charge is 2.18. The summed E-state index contributed by atoms with van der Waals surface area (Å²) >= 11 is 7.43. The third kappa shape index (κ3) is 3.64. The van der Waals surface area contributed by atoms with Gasteiger partial charge in [-0.25, -0.2) is 8.42 Å². The van der Waals surface area contributed by atoms with Gasteiger partial charge in [0.15, 0.2) is 0 Å². The van der Waals surface area contributed by atoms with E-state index in [1.54, 1.807) is 43.0 Å². The summed E-state index contributed by atoms with van der Waals surface area (Å²) in [6.45, 7) is 1.68. The zero-order chi connectivity index (χ0) is 15.6. The van der Waals surface area contributed by atoms with E-state index in [9.17, 15) is 8.42 Å². The summed E-state index contributed by atoms with van der Waals surface area (Å²) in [7, 11) is -3.71. The lowest BCUT2D eigenvalue weighted by molar-refractivity contribution is 0.600. The number of hydrogen-bond acceptors (Lipinski definition) is 4. The number of anilines is 2. The van der Waals surface area contributed by atoms with Gasteiger partial charge in [-0.05, 0) is 49.1 Å². The van der Waals surface area contributed by atoms with E-state index in [1.807, 2.05) is 12.3 Å². The lowest BCUT2D eigenvalue weighted by Crippen LogP contribution is -2.14. The van der Waals surface area contributed by atoms with Crippen LogP contribution in [0.4, 0.5) is 11.4 Å². The standard InChI is InChI=1S/C14H15ClN2O2S2/c1-9-6-12(15)13(16)8-14(9)21(18,19)17-10-4-3-5-11(7-10)20-2/h3-8,17H,16H2,1-2H3. The molecule has 0 aliphatic heterocycles. The molecule has 112 valence electrons. The van der Waals surface area contributed by atoms with E-state index < -0.39 is 10.0 Å². The van der Waals surface area contributed by atoms with Crippen molar-refractivity contribution in [3.8, 4) is 0 Å². The summed E-state index contributed by atoms with van der Waals surface area (Å²) in [6.07, 6.45) is 1.93. The molecule has 0 aliphatic rings. The second kappa shape index (κ2) is 6.17. The number of hydrogen-bond donors (Lipinski definition) is 2. The minimum Gasteiger partial charge on any atom is -0.397 e. The molecule has 3 N–H and O–H groups in total. The molecule has 2 aromatic rings. The summed E-state index contributed by atoms with van der Waals surface area (Å²) in [4.78, 5) is 1.10. The molecule has 0 saturated heterocycles. The largest absolute Gasteiger partial charge is 0.397 e. The van der Waals surface area contributed by atoms with E-state index in [0.717, 1.165) is 4.90 Å². The van der Waals surface area contributed by atoms with Gasteiger partial charge in [0, 0.05) is 10.6 Å². The maximum absolute atomic E-state index is 12.5. The van der Waals surface area contributed by atoms with Crippen molar-refractivity contribution in [3.63, 3.8) is 0 Å². The average molecular weight is 343 g/mol. The van der Waals surface area contributed by atoms with Crippen LogP contribution in [0.1, 0.15) is 5.56 Å². The third-order valence-corrected chi connectivity index (χ3v) is 5.48. The quantitative estimate of drug-likeness (QED) is 0.655. The Morgan fingerprint density at radius 1 is 1.24 bits per heavy atom. The van der Waals surface area contributed by atoms with E-state index in [1.165, 1.54) is 6.07 Å². The number of sulfonamides is 1. The van der Waals surface area contributed by atoms with Crippen LogP contribution >= 0.6 is 23.4 Å². The minimum atomic E-state index is -3.71. The summed E-state index contributed by atoms with van der Waals surface area (Å²) in [5, 5.41) is 0.343. The van der Waals surface area contributed by atoms with E-state index >= 15 is 0 Å². The normalized spacial score (nSPS) is 11.4. The zero-order valence-electron chi connectivity index (χ0n) is 11.6. The number of nitrogen functional groups attached to an aromatic ring is 1. The van der Waals surface area contributed by atoms with Crippen molar-refractivity contribution in [2.45, 2.75) is 16.7 Å². The highest BCUT2D eigenvalue weighted by molar-refractivity contribution is 7.98. The van der Waals surface area contributed by atoms with Crippen LogP contribution in [0, 0.1) is 6.92 Å². The number of nitrogens with one attached hydrogen (secondary N) is 1. The summed E-state index contributed by atoms with van der Waals surface area (Å²) in [5.41, 5.74) is 6.99. The van der Waals surface area contributed by atoms with Gasteiger partial charge in [-0.2, -0.15) is 0 Å². The van der Waals surface area contributed by atoms with E-state index in [0.29, 0.717) is 16.3 Å². The van der Waals surface area contributed by atoms with Crippen LogP contribution in [0.25, 0.3) is 0 Å². The van der Waals surface area contributed by atoms with Crippen LogP contribution in [0.5, 0.6) is 0 Å². The first-order valence-electron chi connectivity index (χ1n) is 6.06. The third-order valence-electron chi connectivity index (χ3n) is 2.91. The van der Waals surface area contributed by atoms with Crippen LogP contribution in [0.3, 0.4) is 0 Å². The molecule has 0 aliphatic carbocycles. The first-order valence-corrected chi connectivity index (χ1v) is 9.14. The Bertz CT molecular complexity index is 777. The molecule has 0 spiro atoms. The predicted octanol–water partition coefficient (Wildman–Crippen LogP) is 3.75. The van der Waals surface area contributed by atoms with Gasteiger partial charge in [-0.1, -0.05) is 17.7 Å². The predicted molar refractivity (Wildman–Crippen MR) is 89.6 cm³/mol. The smallest absolute Gasteiger partial charge is 0.262 e. The molecular formula is C14H15ClN2O2S2. The average Bonchev–Trinajstić information content (AvgIpc) is 2.42. The summed E-state index contributed by atoms with van der Waals surface area (Å²) < 4.78 is 27.5. The highest BCUT2D eigenvalue weighted by Crippen LogP contribution is 2.28. The van der Waals surface area contributed by atoms with Crippen LogP contribution in [-0.4, -0.2) is 14.7 Å². The summed E-state index contributed by atoms with van der Waals surface area (Å²) in [6, 6.07) is 10.1. The molecule has 0 amide bonds. The van der Waals surface area contributed by atoms with Gasteiger partial charge < -0.3 is 5.73 Å². The van der Waals surface area contributed by atoms with E-state index in [-0.39, 0.29) is 10.6 Å². The lowest BCUT2D eigenvalue weighted by atomic mass is 10.2. The second-order valence-electron chi connectivity index (χ2n) is 4.48. The molecule has 0 heterocycles. The Morgan fingerprint density at radius 2 is 1.95 bits per heavy atom. The Labute approximate surface area is 133 Å². The Balaban J connectivity index is 2.40. The zero-order valence-corrected chi connectivity index (χ0v) is 13.9. The van der Waals surface area contributed by atoms with E-state index in [4.69, 9.17) is 17.3 Å². The van der Waals surface area contributed by atoms with Gasteiger partial charge in [-0.3, -0.25) is 4.72 Å². The van der Waals surface area contributed by atoms with Crippen LogP contribution in [0.15, 0.2) is 46.2 Å². The number of benzene rings is 2. The molecule has 0 unspecified atom stereocenters. The topological polar surface area (TPSA) is 72.2 Å². The first kappa shape index (κ1) is 16.0. The number of aryl methyl sites for hydroxylation is 1. The molecule has 0 radical (unpaired) electrons. The van der Waals surface area contributed by atoms with Crippen molar-refractivity contribution in [1.82, 2.24) is 0 Å². The molecule has 2 aromatic carbocycles. The van der Waals surface area contributed by atoms with Crippen molar-refractivity contribution in [3.05, 3.63) is 47.0 Å². The number of rotatable bonds is 4. The fourth-order valence-corrected chi connectivity index (χ4v) is 3.84. The molecule has 0 aromatic heterocycles. The van der Waals surface area contributed by atoms with Crippen molar-refractivity contribution in [2.75, 3.05) is 16.7 Å². The van der Waals surface area contributed by atoms with Gasteiger partial charge in [0.2, 0.25) is 0 Å². The van der Waals surface area contributed by atoms with E-state index in [2.05, 4.69) is 4.72 Å². The maximum Gasteiger partial charge on any atom is 0.262 e. The molecule has 7 heteroatoms. The Kier molecular flexibility index (Phi) is 4.70. The molecule has 0 fully saturated rings. The van der Waals surface area contributed by atoms with Gasteiger partial charge in [0.1, 0.15) is 0 Å². The van der Waals surface area contributed by atoms with Crippen LogP contribution < -0.4 is 10.5 Å². The Morgan fingerprint density at radius 3 is 2.62 bits per heavy atom. The van der Waals surface area contributed by atoms with Gasteiger partial charge in [0.05, 0.1) is 15.6 Å². The minimum absolute atomic E-state index is 0.124.